The van der Waals surface area contributed by atoms with Crippen molar-refractivity contribution in [1.82, 2.24) is 15.1 Å². The first-order valence-electron chi connectivity index (χ1n) is 6.54. The summed E-state index contributed by atoms with van der Waals surface area (Å²) in [6.45, 7) is 1.37. The van der Waals surface area contributed by atoms with E-state index in [0.717, 1.165) is 18.5 Å². The van der Waals surface area contributed by atoms with Gasteiger partial charge in [0, 0.05) is 25.2 Å². The van der Waals surface area contributed by atoms with E-state index in [0.29, 0.717) is 18.8 Å². The maximum Gasteiger partial charge on any atom is 0.233 e. The molecular formula is C14H15N3O2S. The summed E-state index contributed by atoms with van der Waals surface area (Å²) in [6.07, 6.45) is 2.93. The van der Waals surface area contributed by atoms with E-state index in [4.69, 9.17) is 4.74 Å². The predicted molar refractivity (Wildman–Crippen MR) is 75.7 cm³/mol. The molecule has 0 radical (unpaired) electrons. The van der Waals surface area contributed by atoms with E-state index < -0.39 is 0 Å². The van der Waals surface area contributed by atoms with Crippen molar-refractivity contribution in [2.45, 2.75) is 18.9 Å². The molecular weight excluding hydrogens is 274 g/mol. The van der Waals surface area contributed by atoms with E-state index >= 15 is 0 Å². The highest BCUT2D eigenvalue weighted by molar-refractivity contribution is 7.07. The number of thiophene rings is 1. The number of aromatic nitrogens is 2. The van der Waals surface area contributed by atoms with Crippen LogP contribution in [0.1, 0.15) is 12.0 Å². The fourth-order valence-corrected chi connectivity index (χ4v) is 2.92. The van der Waals surface area contributed by atoms with E-state index in [9.17, 15) is 4.79 Å². The van der Waals surface area contributed by atoms with Crippen molar-refractivity contribution in [1.29, 1.82) is 0 Å². The molecule has 1 saturated heterocycles. The summed E-state index contributed by atoms with van der Waals surface area (Å²) in [5.41, 5.74) is 1.08. The summed E-state index contributed by atoms with van der Waals surface area (Å²) < 4.78 is 5.73. The molecule has 3 rings (SSSR count). The largest absolute Gasteiger partial charge is 0.471 e. The van der Waals surface area contributed by atoms with Gasteiger partial charge < -0.3 is 9.64 Å². The second kappa shape index (κ2) is 6.00. The zero-order valence-electron chi connectivity index (χ0n) is 10.9. The van der Waals surface area contributed by atoms with Crippen molar-refractivity contribution in [3.63, 3.8) is 0 Å². The molecule has 1 atom stereocenters. The number of carbonyl (C=O) groups is 1. The van der Waals surface area contributed by atoms with Crippen LogP contribution >= 0.6 is 11.3 Å². The highest BCUT2D eigenvalue weighted by atomic mass is 32.1. The van der Waals surface area contributed by atoms with E-state index in [-0.39, 0.29) is 12.0 Å². The van der Waals surface area contributed by atoms with Gasteiger partial charge >= 0.3 is 0 Å². The Morgan fingerprint density at radius 2 is 2.45 bits per heavy atom. The van der Waals surface area contributed by atoms with Gasteiger partial charge in [0.15, 0.2) is 0 Å². The van der Waals surface area contributed by atoms with Crippen LogP contribution in [0.15, 0.2) is 35.2 Å². The molecule has 2 aromatic rings. The molecule has 2 aromatic heterocycles. The van der Waals surface area contributed by atoms with E-state index in [1.807, 2.05) is 21.7 Å². The highest BCUT2D eigenvalue weighted by Crippen LogP contribution is 2.17. The zero-order valence-corrected chi connectivity index (χ0v) is 11.8. The van der Waals surface area contributed by atoms with E-state index in [1.54, 1.807) is 29.7 Å². The average molecular weight is 289 g/mol. The SMILES string of the molecule is O=C(Cc1ccsc1)N1CC[C@@H](Oc2cccnn2)C1. The molecule has 1 aliphatic heterocycles. The van der Waals surface area contributed by atoms with Gasteiger partial charge in [0.05, 0.1) is 13.0 Å². The minimum absolute atomic E-state index is 0.0122. The molecule has 1 aliphatic rings. The zero-order chi connectivity index (χ0) is 13.8. The molecule has 3 heterocycles. The van der Waals surface area contributed by atoms with Crippen molar-refractivity contribution < 1.29 is 9.53 Å². The lowest BCUT2D eigenvalue weighted by Crippen LogP contribution is -2.32. The van der Waals surface area contributed by atoms with Crippen LogP contribution in [-0.4, -0.2) is 40.2 Å². The number of hydrogen-bond acceptors (Lipinski definition) is 5. The van der Waals surface area contributed by atoms with Crippen LogP contribution in [0.25, 0.3) is 0 Å². The van der Waals surface area contributed by atoms with Crippen LogP contribution in [0.5, 0.6) is 5.88 Å². The molecule has 0 N–H and O–H groups in total. The maximum absolute atomic E-state index is 12.2. The second-order valence-electron chi connectivity index (χ2n) is 4.74. The molecule has 1 fully saturated rings. The van der Waals surface area contributed by atoms with E-state index in [2.05, 4.69) is 10.2 Å². The Bertz CT molecular complexity index is 559. The van der Waals surface area contributed by atoms with Gasteiger partial charge in [-0.3, -0.25) is 4.79 Å². The Morgan fingerprint density at radius 1 is 1.50 bits per heavy atom. The number of likely N-dealkylation sites (tertiary alicyclic amines) is 1. The van der Waals surface area contributed by atoms with Crippen LogP contribution in [0.4, 0.5) is 0 Å². The first-order chi connectivity index (χ1) is 9.81. The third-order valence-corrected chi connectivity index (χ3v) is 4.00. The molecule has 0 aliphatic carbocycles. The van der Waals surface area contributed by atoms with Crippen LogP contribution < -0.4 is 4.74 Å². The maximum atomic E-state index is 12.2. The Morgan fingerprint density at radius 3 is 3.20 bits per heavy atom. The van der Waals surface area contributed by atoms with Gasteiger partial charge in [-0.25, -0.2) is 0 Å². The fourth-order valence-electron chi connectivity index (χ4n) is 2.25. The van der Waals surface area contributed by atoms with Gasteiger partial charge in [-0.15, -0.1) is 5.10 Å². The third kappa shape index (κ3) is 3.14. The molecule has 104 valence electrons. The molecule has 5 nitrogen and oxygen atoms in total. The third-order valence-electron chi connectivity index (χ3n) is 3.27. The van der Waals surface area contributed by atoms with E-state index in [1.165, 1.54) is 0 Å². The average Bonchev–Trinajstić information content (AvgIpc) is 3.11. The van der Waals surface area contributed by atoms with Crippen molar-refractivity contribution in [3.8, 4) is 5.88 Å². The van der Waals surface area contributed by atoms with Crippen LogP contribution in [0, 0.1) is 0 Å². The van der Waals surface area contributed by atoms with Crippen LogP contribution in [-0.2, 0) is 11.2 Å². The van der Waals surface area contributed by atoms with Crippen LogP contribution in [0.2, 0.25) is 0 Å². The number of ether oxygens (including phenoxy) is 1. The van der Waals surface area contributed by atoms with Crippen LogP contribution in [0.3, 0.4) is 0 Å². The molecule has 0 unspecified atom stereocenters. The quantitative estimate of drug-likeness (QED) is 0.860. The predicted octanol–water partition coefficient (Wildman–Crippen LogP) is 1.76. The Kier molecular flexibility index (Phi) is 3.92. The number of nitrogens with zero attached hydrogens (tertiary/aromatic N) is 3. The normalized spacial score (nSPS) is 18.2. The summed E-state index contributed by atoms with van der Waals surface area (Å²) >= 11 is 1.62. The lowest BCUT2D eigenvalue weighted by Gasteiger charge is -2.16. The van der Waals surface area contributed by atoms with Gasteiger partial charge in [0.2, 0.25) is 11.8 Å². The summed E-state index contributed by atoms with van der Waals surface area (Å²) in [5.74, 6) is 0.679. The minimum Gasteiger partial charge on any atom is -0.471 e. The Labute approximate surface area is 121 Å². The molecule has 1 amide bonds. The fraction of sp³-hybridized carbons (Fsp3) is 0.357. The van der Waals surface area contributed by atoms with Crippen molar-refractivity contribution in [3.05, 3.63) is 40.7 Å². The van der Waals surface area contributed by atoms with Gasteiger partial charge in [-0.1, -0.05) is 0 Å². The Hall–Kier alpha value is -1.95. The van der Waals surface area contributed by atoms with Crippen molar-refractivity contribution in [2.75, 3.05) is 13.1 Å². The number of carbonyl (C=O) groups excluding carboxylic acids is 1. The summed E-state index contributed by atoms with van der Waals surface area (Å²) in [6, 6.07) is 5.56. The summed E-state index contributed by atoms with van der Waals surface area (Å²) in [5, 5.41) is 11.7. The smallest absolute Gasteiger partial charge is 0.233 e. The first kappa shape index (κ1) is 13.1. The van der Waals surface area contributed by atoms with Gasteiger partial charge in [-0.05, 0) is 28.5 Å². The molecule has 6 heteroatoms. The Balaban J connectivity index is 1.53. The highest BCUT2D eigenvalue weighted by Gasteiger charge is 2.27. The van der Waals surface area contributed by atoms with Crippen molar-refractivity contribution in [2.24, 2.45) is 0 Å². The molecule has 0 spiro atoms. The monoisotopic (exact) mass is 289 g/mol. The lowest BCUT2D eigenvalue weighted by atomic mass is 10.2. The van der Waals surface area contributed by atoms with Crippen molar-refractivity contribution >= 4 is 17.2 Å². The molecule has 20 heavy (non-hydrogen) atoms. The lowest BCUT2D eigenvalue weighted by molar-refractivity contribution is -0.129. The van der Waals surface area contributed by atoms with Gasteiger partial charge in [-0.2, -0.15) is 16.4 Å². The standard InChI is InChI=1S/C14H15N3O2S/c18-14(8-11-4-7-20-10-11)17-6-3-12(9-17)19-13-2-1-5-15-16-13/h1-2,4-5,7,10,12H,3,6,8-9H2/t12-/m1/s1. The number of hydrogen-bond donors (Lipinski definition) is 0. The topological polar surface area (TPSA) is 55.3 Å². The van der Waals surface area contributed by atoms with Gasteiger partial charge in [0.25, 0.3) is 0 Å². The molecule has 0 aromatic carbocycles. The minimum atomic E-state index is 0.0122. The molecule has 0 bridgehead atoms. The van der Waals surface area contributed by atoms with Gasteiger partial charge in [0.1, 0.15) is 6.10 Å². The number of amides is 1. The summed E-state index contributed by atoms with van der Waals surface area (Å²) in [4.78, 5) is 14.0. The number of rotatable bonds is 4. The molecule has 0 saturated carbocycles. The summed E-state index contributed by atoms with van der Waals surface area (Å²) in [7, 11) is 0. The first-order valence-corrected chi connectivity index (χ1v) is 7.49. The second-order valence-corrected chi connectivity index (χ2v) is 5.52.